The Kier molecular flexibility index (Phi) is 5.18. The highest BCUT2D eigenvalue weighted by atomic mass is 16.5. The monoisotopic (exact) mass is 394 g/mol. The zero-order valence-corrected chi connectivity index (χ0v) is 17.2. The average molecular weight is 394 g/mol. The summed E-state index contributed by atoms with van der Waals surface area (Å²) in [5.41, 5.74) is 1.67. The van der Waals surface area contributed by atoms with Crippen LogP contribution in [0.4, 0.5) is 0 Å². The fraction of sp³-hybridized carbons (Fsp3) is 0.391. The second-order valence-electron chi connectivity index (χ2n) is 7.69. The van der Waals surface area contributed by atoms with Crippen molar-refractivity contribution in [2.45, 2.75) is 25.9 Å². The lowest BCUT2D eigenvalue weighted by Crippen LogP contribution is -2.34. The second-order valence-corrected chi connectivity index (χ2v) is 7.69. The number of hydrogen-bond donors (Lipinski definition) is 0. The molecule has 0 aromatic heterocycles. The molecule has 0 radical (unpaired) electrons. The van der Waals surface area contributed by atoms with Crippen LogP contribution in [0.2, 0.25) is 0 Å². The van der Waals surface area contributed by atoms with Gasteiger partial charge in [-0.25, -0.2) is 9.98 Å². The molecular weight excluding hydrogens is 368 g/mol. The first kappa shape index (κ1) is 19.3. The Morgan fingerprint density at radius 3 is 1.45 bits per heavy atom. The van der Waals surface area contributed by atoms with Crippen LogP contribution in [0.3, 0.4) is 0 Å². The zero-order chi connectivity index (χ0) is 20.4. The van der Waals surface area contributed by atoms with Crippen molar-refractivity contribution in [3.05, 3.63) is 59.7 Å². The zero-order valence-electron chi connectivity index (χ0n) is 17.2. The van der Waals surface area contributed by atoms with Crippen molar-refractivity contribution in [3.63, 3.8) is 0 Å². The highest BCUT2D eigenvalue weighted by Gasteiger charge is 2.41. The topological polar surface area (TPSA) is 61.6 Å². The molecule has 6 heteroatoms. The lowest BCUT2D eigenvalue weighted by molar-refractivity contribution is 0.264. The van der Waals surface area contributed by atoms with E-state index < -0.39 is 5.41 Å². The van der Waals surface area contributed by atoms with Gasteiger partial charge in [-0.2, -0.15) is 0 Å². The lowest BCUT2D eigenvalue weighted by atomic mass is 9.93. The summed E-state index contributed by atoms with van der Waals surface area (Å²) < 4.78 is 22.4. The van der Waals surface area contributed by atoms with Crippen molar-refractivity contribution in [2.24, 2.45) is 15.4 Å². The van der Waals surface area contributed by atoms with Crippen LogP contribution in [0, 0.1) is 5.41 Å². The molecular formula is C23H26N2O4. The van der Waals surface area contributed by atoms with Gasteiger partial charge in [0.1, 0.15) is 42.2 Å². The van der Waals surface area contributed by atoms with Gasteiger partial charge in [-0.1, -0.05) is 24.3 Å². The molecule has 2 aromatic carbocycles. The van der Waals surface area contributed by atoms with E-state index in [2.05, 4.69) is 0 Å². The molecule has 0 N–H and O–H groups in total. The number of nitrogens with zero attached hydrogens (tertiary/aromatic N) is 2. The summed E-state index contributed by atoms with van der Waals surface area (Å²) in [6, 6.07) is 15.8. The third kappa shape index (κ3) is 3.79. The number of hydrogen-bond acceptors (Lipinski definition) is 6. The standard InChI is InChI=1S/C23H26N2O4/c1-23(2,21-24-19(13-28-21)15-5-9-17(26-3)10-6-15)22-25-20(14-29-22)16-7-11-18(27-4)12-8-16/h5-12,19-20H,13-14H2,1-4H3. The number of benzene rings is 2. The van der Waals surface area contributed by atoms with Gasteiger partial charge >= 0.3 is 0 Å². The largest absolute Gasteiger partial charge is 0.497 e. The Morgan fingerprint density at radius 2 is 1.10 bits per heavy atom. The molecule has 2 aromatic rings. The molecule has 29 heavy (non-hydrogen) atoms. The van der Waals surface area contributed by atoms with Gasteiger partial charge in [-0.05, 0) is 49.2 Å². The maximum Gasteiger partial charge on any atom is 0.199 e. The predicted octanol–water partition coefficient (Wildman–Crippen LogP) is 4.37. The van der Waals surface area contributed by atoms with E-state index in [0.29, 0.717) is 25.0 Å². The molecule has 4 rings (SSSR count). The summed E-state index contributed by atoms with van der Waals surface area (Å²) in [5.74, 6) is 2.98. The van der Waals surface area contributed by atoms with Gasteiger partial charge in [0.05, 0.1) is 14.2 Å². The number of aliphatic imine (C=N–C) groups is 2. The molecule has 2 aliphatic heterocycles. The van der Waals surface area contributed by atoms with Crippen LogP contribution in [0.5, 0.6) is 11.5 Å². The average Bonchev–Trinajstić information content (AvgIpc) is 3.45. The van der Waals surface area contributed by atoms with Crippen molar-refractivity contribution in [2.75, 3.05) is 27.4 Å². The van der Waals surface area contributed by atoms with Crippen LogP contribution < -0.4 is 9.47 Å². The fourth-order valence-electron chi connectivity index (χ4n) is 3.52. The van der Waals surface area contributed by atoms with Crippen molar-refractivity contribution in [3.8, 4) is 11.5 Å². The van der Waals surface area contributed by atoms with Crippen molar-refractivity contribution in [1.82, 2.24) is 0 Å². The van der Waals surface area contributed by atoms with Gasteiger partial charge in [0, 0.05) is 0 Å². The van der Waals surface area contributed by atoms with Crippen LogP contribution >= 0.6 is 0 Å². The molecule has 2 heterocycles. The van der Waals surface area contributed by atoms with E-state index >= 15 is 0 Å². The van der Waals surface area contributed by atoms with E-state index in [9.17, 15) is 0 Å². The molecule has 0 amide bonds. The normalized spacial score (nSPS) is 21.1. The molecule has 0 aliphatic carbocycles. The van der Waals surface area contributed by atoms with Crippen molar-refractivity contribution in [1.29, 1.82) is 0 Å². The van der Waals surface area contributed by atoms with Gasteiger partial charge in [-0.15, -0.1) is 0 Å². The molecule has 2 aliphatic rings. The Morgan fingerprint density at radius 1 is 0.724 bits per heavy atom. The summed E-state index contributed by atoms with van der Waals surface area (Å²) in [5, 5.41) is 0. The molecule has 0 saturated carbocycles. The molecule has 2 atom stereocenters. The molecule has 0 spiro atoms. The quantitative estimate of drug-likeness (QED) is 0.730. The SMILES string of the molecule is COc1ccc(C2COC(C(C)(C)C3=NC(c4ccc(OC)cc4)CO3)=N2)cc1. The van der Waals surface area contributed by atoms with E-state index in [-0.39, 0.29) is 12.1 Å². The van der Waals surface area contributed by atoms with E-state index in [1.165, 1.54) is 0 Å². The van der Waals surface area contributed by atoms with Gasteiger partial charge in [-0.3, -0.25) is 0 Å². The second kappa shape index (κ2) is 7.78. The smallest absolute Gasteiger partial charge is 0.199 e. The van der Waals surface area contributed by atoms with Crippen molar-refractivity contribution >= 4 is 11.8 Å². The molecule has 2 unspecified atom stereocenters. The van der Waals surface area contributed by atoms with E-state index in [0.717, 1.165) is 22.6 Å². The van der Waals surface area contributed by atoms with E-state index in [4.69, 9.17) is 28.9 Å². The predicted molar refractivity (Wildman–Crippen MR) is 112 cm³/mol. The summed E-state index contributed by atoms with van der Waals surface area (Å²) in [7, 11) is 3.32. The van der Waals surface area contributed by atoms with Gasteiger partial charge in [0.25, 0.3) is 0 Å². The molecule has 6 nitrogen and oxygen atoms in total. The van der Waals surface area contributed by atoms with Crippen LogP contribution in [-0.2, 0) is 9.47 Å². The first-order valence-electron chi connectivity index (χ1n) is 9.71. The summed E-state index contributed by atoms with van der Waals surface area (Å²) in [6.07, 6.45) is 0. The third-order valence-electron chi connectivity index (χ3n) is 5.37. The minimum Gasteiger partial charge on any atom is -0.497 e. The van der Waals surface area contributed by atoms with Gasteiger partial charge < -0.3 is 18.9 Å². The Balaban J connectivity index is 1.51. The summed E-state index contributed by atoms with van der Waals surface area (Å²) in [6.45, 7) is 5.11. The van der Waals surface area contributed by atoms with E-state index in [1.54, 1.807) is 14.2 Å². The van der Waals surface area contributed by atoms with Crippen LogP contribution in [0.15, 0.2) is 58.5 Å². The Bertz CT molecular complexity index is 841. The number of methoxy groups -OCH3 is 2. The first-order chi connectivity index (χ1) is 14.0. The summed E-state index contributed by atoms with van der Waals surface area (Å²) >= 11 is 0. The fourth-order valence-corrected chi connectivity index (χ4v) is 3.52. The van der Waals surface area contributed by atoms with Gasteiger partial charge in [0.2, 0.25) is 0 Å². The maximum atomic E-state index is 5.97. The Hall–Kier alpha value is -3.02. The highest BCUT2D eigenvalue weighted by Crippen LogP contribution is 2.36. The van der Waals surface area contributed by atoms with E-state index in [1.807, 2.05) is 62.4 Å². The third-order valence-corrected chi connectivity index (χ3v) is 5.37. The van der Waals surface area contributed by atoms with Crippen molar-refractivity contribution < 1.29 is 18.9 Å². The number of ether oxygens (including phenoxy) is 4. The number of rotatable bonds is 6. The van der Waals surface area contributed by atoms with Crippen LogP contribution in [-0.4, -0.2) is 39.2 Å². The van der Waals surface area contributed by atoms with Gasteiger partial charge in [0.15, 0.2) is 11.8 Å². The first-order valence-corrected chi connectivity index (χ1v) is 9.71. The molecule has 0 saturated heterocycles. The highest BCUT2D eigenvalue weighted by molar-refractivity contribution is 6.05. The minimum absolute atomic E-state index is 0.0328. The molecule has 0 fully saturated rings. The Labute approximate surface area is 171 Å². The minimum atomic E-state index is -0.525. The molecule has 0 bridgehead atoms. The maximum absolute atomic E-state index is 5.97. The summed E-state index contributed by atoms with van der Waals surface area (Å²) in [4.78, 5) is 9.65. The lowest BCUT2D eigenvalue weighted by Gasteiger charge is -2.22. The molecule has 152 valence electrons. The van der Waals surface area contributed by atoms with Crippen LogP contribution in [0.25, 0.3) is 0 Å². The van der Waals surface area contributed by atoms with Crippen LogP contribution in [0.1, 0.15) is 37.1 Å².